The summed E-state index contributed by atoms with van der Waals surface area (Å²) in [7, 11) is -3.64. The Kier molecular flexibility index (Phi) is 7.62. The summed E-state index contributed by atoms with van der Waals surface area (Å²) in [6, 6.07) is 14.2. The number of pyridine rings is 1. The van der Waals surface area contributed by atoms with Crippen molar-refractivity contribution < 1.29 is 31.8 Å². The highest BCUT2D eigenvalue weighted by Gasteiger charge is 2.16. The minimum Gasteiger partial charge on any atom is -0.489 e. The van der Waals surface area contributed by atoms with Gasteiger partial charge in [0, 0.05) is 42.0 Å². The van der Waals surface area contributed by atoms with Gasteiger partial charge in [-0.3, -0.25) is 4.79 Å². The molecule has 1 fully saturated rings. The fourth-order valence-corrected chi connectivity index (χ4v) is 3.97. The Hall–Kier alpha value is -3.50. The number of amides is 1. The molecule has 1 amide bonds. The van der Waals surface area contributed by atoms with Gasteiger partial charge in [0.15, 0.2) is 0 Å². The zero-order valence-electron chi connectivity index (χ0n) is 19.1. The van der Waals surface area contributed by atoms with Crippen molar-refractivity contribution in [1.29, 1.82) is 0 Å². The number of carbonyl (C=O) groups is 1. The summed E-state index contributed by atoms with van der Waals surface area (Å²) in [5.41, 5.74) is 2.24. The average Bonchev–Trinajstić information content (AvgIpc) is 3.34. The van der Waals surface area contributed by atoms with E-state index < -0.39 is 21.7 Å². The van der Waals surface area contributed by atoms with E-state index in [9.17, 15) is 17.6 Å². The van der Waals surface area contributed by atoms with E-state index in [0.717, 1.165) is 24.8 Å². The number of carbonyl (C=O) groups excluding carboxylic acids is 1. The first-order valence-corrected chi connectivity index (χ1v) is 12.9. The minimum atomic E-state index is -3.64. The molecule has 1 saturated heterocycles. The van der Waals surface area contributed by atoms with Crippen LogP contribution in [0.25, 0.3) is 11.1 Å². The van der Waals surface area contributed by atoms with Crippen LogP contribution in [0, 0.1) is 11.7 Å². The lowest BCUT2D eigenvalue weighted by molar-refractivity contribution is 0.0981. The van der Waals surface area contributed by atoms with Crippen molar-refractivity contribution in [2.75, 3.05) is 26.1 Å². The molecule has 0 aliphatic carbocycles. The van der Waals surface area contributed by atoms with E-state index >= 15 is 0 Å². The number of sulfonamides is 1. The number of rotatable bonds is 9. The van der Waals surface area contributed by atoms with Crippen LogP contribution in [-0.4, -0.2) is 45.4 Å². The number of nitrogens with one attached hydrogen (secondary N) is 1. The zero-order valence-corrected chi connectivity index (χ0v) is 19.9. The van der Waals surface area contributed by atoms with Gasteiger partial charge in [0.05, 0.1) is 19.5 Å². The summed E-state index contributed by atoms with van der Waals surface area (Å²) in [5.74, 6) is 0.0436. The molecule has 3 aromatic rings. The van der Waals surface area contributed by atoms with Gasteiger partial charge >= 0.3 is 0 Å². The summed E-state index contributed by atoms with van der Waals surface area (Å²) in [6.45, 7) is 2.14. The summed E-state index contributed by atoms with van der Waals surface area (Å²) >= 11 is 0. The molecular formula is C25H25FN2O6S. The van der Waals surface area contributed by atoms with Gasteiger partial charge in [-0.15, -0.1) is 0 Å². The third-order valence-electron chi connectivity index (χ3n) is 5.33. The smallest absolute Gasteiger partial charge is 0.264 e. The first kappa shape index (κ1) is 24.6. The Labute approximate surface area is 203 Å². The molecule has 4 rings (SSSR count). The molecule has 1 unspecified atom stereocenters. The average molecular weight is 501 g/mol. The molecule has 184 valence electrons. The van der Waals surface area contributed by atoms with Crippen molar-refractivity contribution in [3.8, 4) is 22.8 Å². The van der Waals surface area contributed by atoms with Gasteiger partial charge in [-0.1, -0.05) is 12.1 Å². The predicted molar refractivity (Wildman–Crippen MR) is 127 cm³/mol. The third-order valence-corrected chi connectivity index (χ3v) is 5.89. The van der Waals surface area contributed by atoms with E-state index in [1.807, 2.05) is 10.8 Å². The largest absolute Gasteiger partial charge is 0.489 e. The van der Waals surface area contributed by atoms with Crippen LogP contribution in [0.5, 0.6) is 11.6 Å². The normalized spacial score (nSPS) is 15.5. The molecule has 0 spiro atoms. The Morgan fingerprint density at radius 1 is 1.11 bits per heavy atom. The fraction of sp³-hybridized carbons (Fsp3) is 0.280. The topological polar surface area (TPSA) is 104 Å². The second-order valence-electron chi connectivity index (χ2n) is 8.29. The predicted octanol–water partition coefficient (Wildman–Crippen LogP) is 3.57. The number of halogens is 1. The second kappa shape index (κ2) is 10.8. The van der Waals surface area contributed by atoms with Crippen LogP contribution < -0.4 is 14.2 Å². The van der Waals surface area contributed by atoms with Crippen molar-refractivity contribution in [3.05, 3.63) is 77.7 Å². The molecule has 0 radical (unpaired) electrons. The van der Waals surface area contributed by atoms with Gasteiger partial charge in [0.2, 0.25) is 15.9 Å². The highest BCUT2D eigenvalue weighted by Crippen LogP contribution is 2.27. The van der Waals surface area contributed by atoms with Gasteiger partial charge in [-0.25, -0.2) is 22.5 Å². The SMILES string of the molecule is CS(=O)(=O)NC(=O)c1ccc(COc2cc(F)cc(-c3ccc(OCC4CCOC4)nc3)c2)cc1. The number of aromatic nitrogens is 1. The Balaban J connectivity index is 1.37. The zero-order chi connectivity index (χ0) is 24.8. The summed E-state index contributed by atoms with van der Waals surface area (Å²) in [4.78, 5) is 16.2. The second-order valence-corrected chi connectivity index (χ2v) is 10.0. The van der Waals surface area contributed by atoms with E-state index in [-0.39, 0.29) is 12.2 Å². The highest BCUT2D eigenvalue weighted by molar-refractivity contribution is 7.89. The minimum absolute atomic E-state index is 0.132. The van der Waals surface area contributed by atoms with Crippen LogP contribution in [0.15, 0.2) is 60.8 Å². The standard InChI is InChI=1S/C25H25FN2O6S/c1-35(30,31)28-25(29)19-4-2-17(3-5-19)15-33-23-11-21(10-22(26)12-23)20-6-7-24(27-13-20)34-16-18-8-9-32-14-18/h2-7,10-13,18H,8-9,14-16H2,1H3,(H,28,29). The maximum Gasteiger partial charge on any atom is 0.264 e. The first-order chi connectivity index (χ1) is 16.7. The number of benzene rings is 2. The lowest BCUT2D eigenvalue weighted by atomic mass is 10.1. The van der Waals surface area contributed by atoms with Crippen molar-refractivity contribution in [3.63, 3.8) is 0 Å². The molecule has 0 bridgehead atoms. The van der Waals surface area contributed by atoms with Gasteiger partial charge in [-0.05, 0) is 47.9 Å². The summed E-state index contributed by atoms with van der Waals surface area (Å²) < 4.78 is 55.4. The van der Waals surface area contributed by atoms with Crippen molar-refractivity contribution in [2.45, 2.75) is 13.0 Å². The van der Waals surface area contributed by atoms with E-state index in [4.69, 9.17) is 14.2 Å². The molecular weight excluding hydrogens is 475 g/mol. The molecule has 1 aliphatic rings. The van der Waals surface area contributed by atoms with Crippen LogP contribution in [0.3, 0.4) is 0 Å². The molecule has 35 heavy (non-hydrogen) atoms. The molecule has 0 saturated carbocycles. The van der Waals surface area contributed by atoms with Crippen LogP contribution in [0.1, 0.15) is 22.3 Å². The lowest BCUT2D eigenvalue weighted by Crippen LogP contribution is -2.29. The Morgan fingerprint density at radius 2 is 1.91 bits per heavy atom. The molecule has 2 heterocycles. The third kappa shape index (κ3) is 7.24. The van der Waals surface area contributed by atoms with Crippen LogP contribution in [0.2, 0.25) is 0 Å². The van der Waals surface area contributed by atoms with E-state index in [1.54, 1.807) is 30.5 Å². The number of hydrogen-bond donors (Lipinski definition) is 1. The van der Waals surface area contributed by atoms with E-state index in [1.165, 1.54) is 24.3 Å². The fourth-order valence-electron chi connectivity index (χ4n) is 3.51. The summed E-state index contributed by atoms with van der Waals surface area (Å²) in [5, 5.41) is 0. The van der Waals surface area contributed by atoms with Gasteiger partial charge in [0.25, 0.3) is 5.91 Å². The molecule has 1 atom stereocenters. The van der Waals surface area contributed by atoms with Crippen molar-refractivity contribution in [1.82, 2.24) is 9.71 Å². The van der Waals surface area contributed by atoms with Crippen LogP contribution >= 0.6 is 0 Å². The van der Waals surface area contributed by atoms with E-state index in [2.05, 4.69) is 4.98 Å². The quantitative estimate of drug-likeness (QED) is 0.479. The highest BCUT2D eigenvalue weighted by atomic mass is 32.2. The summed E-state index contributed by atoms with van der Waals surface area (Å²) in [6.07, 6.45) is 3.51. The molecule has 1 aromatic heterocycles. The lowest BCUT2D eigenvalue weighted by Gasteiger charge is -2.11. The van der Waals surface area contributed by atoms with Gasteiger partial charge in [-0.2, -0.15) is 0 Å². The molecule has 8 nitrogen and oxygen atoms in total. The van der Waals surface area contributed by atoms with Gasteiger partial charge < -0.3 is 14.2 Å². The van der Waals surface area contributed by atoms with Crippen LogP contribution in [0.4, 0.5) is 4.39 Å². The molecule has 1 N–H and O–H groups in total. The number of hydrogen-bond acceptors (Lipinski definition) is 7. The van der Waals surface area contributed by atoms with Gasteiger partial charge in [0.1, 0.15) is 18.2 Å². The maximum absolute atomic E-state index is 14.3. The Morgan fingerprint density at radius 3 is 2.57 bits per heavy atom. The monoisotopic (exact) mass is 500 g/mol. The maximum atomic E-state index is 14.3. The van der Waals surface area contributed by atoms with Crippen molar-refractivity contribution >= 4 is 15.9 Å². The Bertz CT molecular complexity index is 1270. The number of nitrogens with zero attached hydrogens (tertiary/aromatic N) is 1. The van der Waals surface area contributed by atoms with Crippen molar-refractivity contribution in [2.24, 2.45) is 5.92 Å². The first-order valence-electron chi connectivity index (χ1n) is 11.0. The molecule has 1 aliphatic heterocycles. The number of ether oxygens (including phenoxy) is 3. The van der Waals surface area contributed by atoms with E-state index in [0.29, 0.717) is 41.9 Å². The molecule has 2 aromatic carbocycles. The molecule has 10 heteroatoms. The van der Waals surface area contributed by atoms with Crippen LogP contribution in [-0.2, 0) is 21.4 Å².